The van der Waals surface area contributed by atoms with Gasteiger partial charge < -0.3 is 50.7 Å². The number of fused-ring (bicyclic) bond motifs is 2. The van der Waals surface area contributed by atoms with Crippen LogP contribution in [0.4, 0.5) is 5.82 Å². The highest BCUT2D eigenvalue weighted by molar-refractivity contribution is 7.48. The molecule has 31 heteroatoms. The van der Waals surface area contributed by atoms with Crippen molar-refractivity contribution in [1.82, 2.24) is 29.7 Å². The van der Waals surface area contributed by atoms with Gasteiger partial charge in [-0.3, -0.25) is 60.4 Å². The Morgan fingerprint density at radius 1 is 0.833 bits per heavy atom. The molecule has 4 aliphatic rings. The topological polar surface area (TPSA) is 410 Å². The van der Waals surface area contributed by atoms with Crippen LogP contribution in [0.3, 0.4) is 0 Å². The predicted molar refractivity (Wildman–Crippen MR) is 297 cm³/mol. The Balaban J connectivity index is 0.757. The van der Waals surface area contributed by atoms with Crippen LogP contribution in [-0.4, -0.2) is 135 Å². The van der Waals surface area contributed by atoms with Gasteiger partial charge in [-0.15, -0.1) is 0 Å². The molecule has 3 aliphatic heterocycles. The predicted octanol–water partition coefficient (Wildman–Crippen LogP) is 4.04. The van der Waals surface area contributed by atoms with Gasteiger partial charge in [-0.1, -0.05) is 12.8 Å². The number of phosphoric acid groups is 2. The molecule has 4 aromatic rings. The number of aromatic amines is 1. The molecule has 2 aromatic carbocycles. The minimum Gasteiger partial charge on any atom is -0.508 e. The van der Waals surface area contributed by atoms with Gasteiger partial charge in [-0.05, 0) is 79.4 Å². The summed E-state index contributed by atoms with van der Waals surface area (Å²) in [4.78, 5) is 94.6. The van der Waals surface area contributed by atoms with Gasteiger partial charge in [0, 0.05) is 92.8 Å². The number of phenolic OH excluding ortho intramolecular Hbond substituents is 1. The molecule has 0 saturated carbocycles. The van der Waals surface area contributed by atoms with Gasteiger partial charge in [0.05, 0.1) is 43.7 Å². The Labute approximate surface area is 476 Å². The van der Waals surface area contributed by atoms with Crippen molar-refractivity contribution >= 4 is 56.3 Å². The molecule has 2 amide bonds. The number of carbonyl (C=O) groups is 3. The average molecular weight is 1210 g/mol. The van der Waals surface area contributed by atoms with Gasteiger partial charge in [-0.25, -0.2) is 23.5 Å². The lowest BCUT2D eigenvalue weighted by atomic mass is 9.89. The lowest BCUT2D eigenvalue weighted by Gasteiger charge is -2.22. The number of rotatable bonds is 28. The molecule has 0 spiro atoms. The molecule has 84 heavy (non-hydrogen) atoms. The Kier molecular flexibility index (Phi) is 20.8. The number of aliphatic hydroxyl groups excluding tert-OH is 2. The molecule has 5 heterocycles. The highest BCUT2D eigenvalue weighted by atomic mass is 31.2. The Hall–Kier alpha value is -7.50. The number of nitrogens with one attached hydrogen (secondary N) is 3. The second-order valence-electron chi connectivity index (χ2n) is 19.2. The number of H-pyrrole nitrogens is 1. The lowest BCUT2D eigenvalue weighted by molar-refractivity contribution is -0.116. The summed E-state index contributed by atoms with van der Waals surface area (Å²) in [5, 5.41) is 46.9. The number of unbranched alkanes of at least 4 members (excludes halogenated alkanes) is 3. The van der Waals surface area contributed by atoms with Crippen molar-refractivity contribution in [3.63, 3.8) is 0 Å². The van der Waals surface area contributed by atoms with Crippen LogP contribution in [0.2, 0.25) is 0 Å². The van der Waals surface area contributed by atoms with E-state index in [0.717, 1.165) is 35.6 Å². The zero-order valence-corrected chi connectivity index (χ0v) is 47.0. The van der Waals surface area contributed by atoms with E-state index < -0.39 is 100 Å². The fourth-order valence-corrected chi connectivity index (χ4v) is 11.4. The number of anilines is 1. The van der Waals surface area contributed by atoms with Gasteiger partial charge in [0.25, 0.3) is 11.5 Å². The maximum atomic E-state index is 13.6. The van der Waals surface area contributed by atoms with Crippen molar-refractivity contribution in [1.29, 1.82) is 0 Å². The number of aromatic hydroxyl groups is 1. The molecule has 0 bridgehead atoms. The van der Waals surface area contributed by atoms with Crippen molar-refractivity contribution in [2.45, 2.75) is 81.8 Å². The number of aliphatic hydroxyl groups is 2. The van der Waals surface area contributed by atoms with Crippen LogP contribution in [0, 0.1) is 0 Å². The number of carbonyl (C=O) groups excluding carboxylic acids is 2. The Morgan fingerprint density at radius 3 is 2.26 bits per heavy atom. The molecule has 2 saturated heterocycles. The van der Waals surface area contributed by atoms with Gasteiger partial charge in [-0.2, -0.15) is 4.98 Å². The largest absolute Gasteiger partial charge is 0.508 e. The maximum Gasteiger partial charge on any atom is 0.474 e. The van der Waals surface area contributed by atoms with E-state index in [1.807, 2.05) is 0 Å². The van der Waals surface area contributed by atoms with Crippen LogP contribution in [0.5, 0.6) is 5.75 Å². The first-order valence-corrected chi connectivity index (χ1v) is 29.2. The highest BCUT2D eigenvalue weighted by Gasteiger charge is 2.43. The smallest absolute Gasteiger partial charge is 0.474 e. The number of phenols is 1. The zero-order valence-electron chi connectivity index (χ0n) is 45.2. The number of aromatic carboxylic acids is 1. The summed E-state index contributed by atoms with van der Waals surface area (Å²) in [6, 6.07) is 14.0. The highest BCUT2D eigenvalue weighted by Crippen LogP contribution is 2.53. The van der Waals surface area contributed by atoms with Crippen molar-refractivity contribution in [2.24, 2.45) is 0 Å². The Bertz CT molecular complexity index is 3720. The maximum absolute atomic E-state index is 13.6. The number of phosphoric ester groups is 2. The zero-order chi connectivity index (χ0) is 60.3. The van der Waals surface area contributed by atoms with Crippen LogP contribution in [0.15, 0.2) is 103 Å². The van der Waals surface area contributed by atoms with Gasteiger partial charge >= 0.3 is 33.0 Å². The fourth-order valence-electron chi connectivity index (χ4n) is 9.24. The van der Waals surface area contributed by atoms with Crippen molar-refractivity contribution in [3.8, 4) is 28.2 Å². The first-order valence-electron chi connectivity index (χ1n) is 26.3. The number of nitrogens with zero attached hydrogens (tertiary/aromatic N) is 3. The molecule has 2 unspecified atom stereocenters. The van der Waals surface area contributed by atoms with E-state index in [1.54, 1.807) is 6.07 Å². The summed E-state index contributed by atoms with van der Waals surface area (Å²) in [6.45, 7) is -1.22. The SMILES string of the molecule is COP(=O)(OCCCOP(=O)(OC)O[C@@H]1C[C@H](n2cc(/C=C/C(=O)NCCCCCCNC(=O)c3ccc(C(=O)O)c(-c4c5ccc(=O)cc-5oc5cc(O)ccc45)c3)c(=O)[nH]c2=O)O[C@@H]1CO)OC[C@H]1O[C@@H](n2ccc(N)nc2=O)C[C@H]1O. The number of ether oxygens (including phenoxy) is 2. The fraction of sp³-hybridized carbons (Fsp3) is 0.396. The summed E-state index contributed by atoms with van der Waals surface area (Å²) < 4.78 is 78.0. The second-order valence-corrected chi connectivity index (χ2v) is 22.7. The van der Waals surface area contributed by atoms with Crippen molar-refractivity contribution in [2.75, 3.05) is 59.5 Å². The average Bonchev–Trinajstić information content (AvgIpc) is 2.44. The summed E-state index contributed by atoms with van der Waals surface area (Å²) in [5.74, 6) is -2.18. The number of carboxylic acid groups (broad SMARTS) is 1. The number of benzene rings is 3. The monoisotopic (exact) mass is 1210 g/mol. The Morgan fingerprint density at radius 2 is 1.55 bits per heavy atom. The molecule has 29 nitrogen and oxygen atoms in total. The van der Waals surface area contributed by atoms with E-state index in [9.17, 15) is 63.1 Å². The van der Waals surface area contributed by atoms with Gasteiger partial charge in [0.1, 0.15) is 53.7 Å². The number of nitrogen functional groups attached to an aromatic ring is 1. The molecule has 2 fully saturated rings. The van der Waals surface area contributed by atoms with E-state index >= 15 is 0 Å². The molecule has 0 radical (unpaired) electrons. The molecule has 8 rings (SSSR count). The van der Waals surface area contributed by atoms with E-state index in [-0.39, 0.29) is 96.2 Å². The number of amides is 2. The molecule has 1 aliphatic carbocycles. The summed E-state index contributed by atoms with van der Waals surface area (Å²) in [5.41, 5.74) is 4.00. The summed E-state index contributed by atoms with van der Waals surface area (Å²) in [6.07, 6.45) is 0.488. The molecule has 450 valence electrons. The van der Waals surface area contributed by atoms with Crippen molar-refractivity contribution < 1.29 is 85.0 Å². The van der Waals surface area contributed by atoms with Gasteiger partial charge in [0.15, 0.2) is 5.43 Å². The minimum atomic E-state index is -4.39. The normalized spacial score (nSPS) is 20.3. The summed E-state index contributed by atoms with van der Waals surface area (Å²) >= 11 is 0. The van der Waals surface area contributed by atoms with Crippen molar-refractivity contribution in [3.05, 3.63) is 137 Å². The van der Waals surface area contributed by atoms with Crippen LogP contribution < -0.4 is 38.7 Å². The van der Waals surface area contributed by atoms with Crippen LogP contribution in [0.25, 0.3) is 39.5 Å². The first-order chi connectivity index (χ1) is 40.2. The second kappa shape index (κ2) is 27.9. The molecule has 9 N–H and O–H groups in total. The third-order valence-corrected chi connectivity index (χ3v) is 16.4. The minimum absolute atomic E-state index is 0.00390. The van der Waals surface area contributed by atoms with Crippen LogP contribution in [-0.2, 0) is 50.5 Å². The number of nitrogens with two attached hydrogens (primary N) is 1. The van der Waals surface area contributed by atoms with E-state index in [4.69, 9.17) is 46.8 Å². The quantitative estimate of drug-likeness (QED) is 0.0149. The summed E-state index contributed by atoms with van der Waals surface area (Å²) in [7, 11) is -6.50. The molecule has 2 aromatic heterocycles. The van der Waals surface area contributed by atoms with E-state index in [1.165, 1.54) is 66.9 Å². The van der Waals surface area contributed by atoms with E-state index in [2.05, 4.69) is 20.6 Å². The number of carboxylic acids is 1. The molecular formula is C53H61N7O22P2. The van der Waals surface area contributed by atoms with Crippen LogP contribution in [0.1, 0.15) is 83.7 Å². The standard InChI is InChI=1S/C53H61N7O22P2/c1-74-83(72,78-29-43-38(64)25-46(81-43)59-19-16-44(54)57-52(59)70)76-20-7-21-77-84(73,75-2)82-41-26-47(80-42(41)28-61)60-27-31(50(67)58-53(60)71)9-15-45(65)55-17-5-3-4-6-18-56-49(66)30-8-12-34(51(68)69)37(22-30)48-35-13-10-32(62)23-39(35)79-40-24-33(63)11-14-36(40)48/h8-16,19,22-24,27,38,41-43,46-47,61-62,64H,3-7,17-18,20-21,25-26,28-29H2,1-2H3,(H,55,65)(H,56,66)(H,68,69)(H2,54,57,70)(H,58,67,71)/b15-9+/t38-,41-,42-,43-,46-,47-,83?,84?/m1/s1. The number of hydrogen-bond donors (Lipinski definition) is 8. The molecular weight excluding hydrogens is 1150 g/mol. The first kappa shape index (κ1) is 62.5. The number of hydrogen-bond acceptors (Lipinski definition) is 23. The lowest BCUT2D eigenvalue weighted by Crippen LogP contribution is -2.33. The molecule has 8 atom stereocenters. The third kappa shape index (κ3) is 15.4. The van der Waals surface area contributed by atoms with Gasteiger partial charge in [0.2, 0.25) is 5.91 Å². The van der Waals surface area contributed by atoms with E-state index in [0.29, 0.717) is 42.2 Å². The van der Waals surface area contributed by atoms with Crippen LogP contribution >= 0.6 is 15.6 Å². The third-order valence-electron chi connectivity index (χ3n) is 13.5. The number of aromatic nitrogens is 4.